The molecule has 0 amide bonds. The van der Waals surface area contributed by atoms with Crippen molar-refractivity contribution < 1.29 is 13.2 Å². The molecule has 8 heteroatoms. The number of thiocarbonyl (C=S) groups is 1. The first-order valence-electron chi connectivity index (χ1n) is 6.38. The summed E-state index contributed by atoms with van der Waals surface area (Å²) in [5.74, 6) is 0. The van der Waals surface area contributed by atoms with E-state index >= 15 is 0 Å². The average molecular weight is 402 g/mol. The molecule has 23 heavy (non-hydrogen) atoms. The normalized spacial score (nSPS) is 11.5. The molecule has 0 bridgehead atoms. The summed E-state index contributed by atoms with van der Waals surface area (Å²) >= 11 is 8.26. The molecule has 0 aliphatic rings. The number of benzene rings is 2. The van der Waals surface area contributed by atoms with Gasteiger partial charge in [-0.2, -0.15) is 18.3 Å². The number of para-hydroxylation sites is 1. The third kappa shape index (κ3) is 5.33. The van der Waals surface area contributed by atoms with Crippen molar-refractivity contribution >= 4 is 45.2 Å². The number of alkyl halides is 3. The van der Waals surface area contributed by atoms with Gasteiger partial charge in [-0.15, -0.1) is 0 Å². The Morgan fingerprint density at radius 2 is 1.74 bits per heavy atom. The SMILES string of the molecule is FC(F)(F)c1ccccc1NC(=S)N/N=C\c1ccc(Br)cc1. The highest BCUT2D eigenvalue weighted by molar-refractivity contribution is 9.10. The van der Waals surface area contributed by atoms with E-state index in [4.69, 9.17) is 12.2 Å². The number of nitrogens with one attached hydrogen (secondary N) is 2. The highest BCUT2D eigenvalue weighted by atomic mass is 79.9. The monoisotopic (exact) mass is 401 g/mol. The van der Waals surface area contributed by atoms with E-state index in [9.17, 15) is 13.2 Å². The molecule has 0 unspecified atom stereocenters. The second-order valence-corrected chi connectivity index (χ2v) is 5.74. The van der Waals surface area contributed by atoms with Gasteiger partial charge in [-0.3, -0.25) is 5.43 Å². The van der Waals surface area contributed by atoms with Crippen LogP contribution in [0.3, 0.4) is 0 Å². The number of halogens is 4. The van der Waals surface area contributed by atoms with Gasteiger partial charge in [-0.05, 0) is 42.0 Å². The standard InChI is InChI=1S/C15H11BrF3N3S/c16-11-7-5-10(6-8-11)9-20-22-14(23)21-13-4-2-1-3-12(13)15(17,18)19/h1-9H,(H2,21,22,23)/b20-9-. The Labute approximate surface area is 144 Å². The molecule has 2 aromatic carbocycles. The lowest BCUT2D eigenvalue weighted by molar-refractivity contribution is -0.136. The van der Waals surface area contributed by atoms with Gasteiger partial charge in [-0.1, -0.05) is 40.2 Å². The quantitative estimate of drug-likeness (QED) is 0.441. The number of hydrogen-bond acceptors (Lipinski definition) is 2. The van der Waals surface area contributed by atoms with Gasteiger partial charge >= 0.3 is 6.18 Å². The van der Waals surface area contributed by atoms with Crippen LogP contribution in [0.15, 0.2) is 58.1 Å². The Hall–Kier alpha value is -1.93. The number of nitrogens with zero attached hydrogens (tertiary/aromatic N) is 1. The molecule has 0 spiro atoms. The fourth-order valence-electron chi connectivity index (χ4n) is 1.70. The van der Waals surface area contributed by atoms with E-state index in [2.05, 4.69) is 31.8 Å². The van der Waals surface area contributed by atoms with Crippen molar-refractivity contribution in [3.63, 3.8) is 0 Å². The van der Waals surface area contributed by atoms with Crippen LogP contribution in [0.2, 0.25) is 0 Å². The third-order valence-electron chi connectivity index (χ3n) is 2.73. The fraction of sp³-hybridized carbons (Fsp3) is 0.0667. The van der Waals surface area contributed by atoms with E-state index in [-0.39, 0.29) is 10.8 Å². The molecule has 3 nitrogen and oxygen atoms in total. The lowest BCUT2D eigenvalue weighted by atomic mass is 10.2. The van der Waals surface area contributed by atoms with Gasteiger partial charge in [0.2, 0.25) is 0 Å². The Kier molecular flexibility index (Phi) is 5.73. The maximum Gasteiger partial charge on any atom is 0.418 e. The minimum absolute atomic E-state index is 0.0324. The first kappa shape index (κ1) is 17.4. The highest BCUT2D eigenvalue weighted by Gasteiger charge is 2.33. The zero-order valence-electron chi connectivity index (χ0n) is 11.6. The number of rotatable bonds is 3. The van der Waals surface area contributed by atoms with Crippen LogP contribution in [0.1, 0.15) is 11.1 Å². The maximum absolute atomic E-state index is 12.9. The maximum atomic E-state index is 12.9. The van der Waals surface area contributed by atoms with Crippen molar-refractivity contribution in [3.05, 3.63) is 64.1 Å². The van der Waals surface area contributed by atoms with Gasteiger partial charge in [0.05, 0.1) is 17.5 Å². The van der Waals surface area contributed by atoms with Crippen molar-refractivity contribution in [2.45, 2.75) is 6.18 Å². The van der Waals surface area contributed by atoms with E-state index in [1.165, 1.54) is 24.4 Å². The molecule has 0 saturated heterocycles. The van der Waals surface area contributed by atoms with Gasteiger partial charge in [0.15, 0.2) is 5.11 Å². The zero-order valence-corrected chi connectivity index (χ0v) is 14.0. The molecule has 0 heterocycles. The van der Waals surface area contributed by atoms with Gasteiger partial charge in [0, 0.05) is 4.47 Å². The number of anilines is 1. The van der Waals surface area contributed by atoms with Crippen LogP contribution in [-0.4, -0.2) is 11.3 Å². The number of hydrazone groups is 1. The molecule has 0 fully saturated rings. The highest BCUT2D eigenvalue weighted by Crippen LogP contribution is 2.34. The molecule has 0 aliphatic heterocycles. The van der Waals surface area contributed by atoms with Crippen LogP contribution in [0.25, 0.3) is 0 Å². The third-order valence-corrected chi connectivity index (χ3v) is 3.45. The summed E-state index contributed by atoms with van der Waals surface area (Å²) < 4.78 is 39.5. The molecule has 0 aromatic heterocycles. The Morgan fingerprint density at radius 3 is 2.39 bits per heavy atom. The topological polar surface area (TPSA) is 36.4 Å². The predicted molar refractivity (Wildman–Crippen MR) is 92.5 cm³/mol. The average Bonchev–Trinajstić information content (AvgIpc) is 2.49. The molecule has 0 aliphatic carbocycles. The minimum Gasteiger partial charge on any atom is -0.331 e. The van der Waals surface area contributed by atoms with Crippen molar-refractivity contribution in [3.8, 4) is 0 Å². The van der Waals surface area contributed by atoms with Crippen LogP contribution in [0, 0.1) is 0 Å². The van der Waals surface area contributed by atoms with Crippen molar-refractivity contribution in [1.29, 1.82) is 0 Å². The summed E-state index contributed by atoms with van der Waals surface area (Å²) in [6, 6.07) is 12.4. The van der Waals surface area contributed by atoms with Crippen molar-refractivity contribution in [2.24, 2.45) is 5.10 Å². The lowest BCUT2D eigenvalue weighted by Gasteiger charge is -2.14. The van der Waals surface area contributed by atoms with Gasteiger partial charge in [0.25, 0.3) is 0 Å². The first-order valence-corrected chi connectivity index (χ1v) is 7.58. The van der Waals surface area contributed by atoms with Crippen LogP contribution in [0.5, 0.6) is 0 Å². The summed E-state index contributed by atoms with van der Waals surface area (Å²) in [6.07, 6.45) is -2.95. The molecule has 0 radical (unpaired) electrons. The first-order chi connectivity index (χ1) is 10.9. The Balaban J connectivity index is 1.99. The summed E-state index contributed by atoms with van der Waals surface area (Å²) in [5.41, 5.74) is 2.38. The molecule has 120 valence electrons. The summed E-state index contributed by atoms with van der Waals surface area (Å²) in [4.78, 5) is 0. The van der Waals surface area contributed by atoms with E-state index in [0.717, 1.165) is 16.1 Å². The largest absolute Gasteiger partial charge is 0.418 e. The van der Waals surface area contributed by atoms with Crippen LogP contribution in [-0.2, 0) is 6.18 Å². The molecule has 2 aromatic rings. The Bertz CT molecular complexity index is 715. The molecule has 2 N–H and O–H groups in total. The van der Waals surface area contributed by atoms with E-state index < -0.39 is 11.7 Å². The van der Waals surface area contributed by atoms with Crippen molar-refractivity contribution in [1.82, 2.24) is 5.43 Å². The fourth-order valence-corrected chi connectivity index (χ4v) is 2.13. The predicted octanol–water partition coefficient (Wildman–Crippen LogP) is 4.79. The van der Waals surface area contributed by atoms with Gasteiger partial charge < -0.3 is 5.32 Å². The van der Waals surface area contributed by atoms with Crippen LogP contribution >= 0.6 is 28.1 Å². The molecular formula is C15H11BrF3N3S. The molecular weight excluding hydrogens is 391 g/mol. The smallest absolute Gasteiger partial charge is 0.331 e. The summed E-state index contributed by atoms with van der Waals surface area (Å²) in [6.45, 7) is 0. The second-order valence-electron chi connectivity index (χ2n) is 4.42. The van der Waals surface area contributed by atoms with Crippen LogP contribution in [0.4, 0.5) is 18.9 Å². The molecule has 2 rings (SSSR count). The van der Waals surface area contributed by atoms with Crippen LogP contribution < -0.4 is 10.7 Å². The van der Waals surface area contributed by atoms with E-state index in [1.54, 1.807) is 0 Å². The summed E-state index contributed by atoms with van der Waals surface area (Å²) in [7, 11) is 0. The second kappa shape index (κ2) is 7.56. The summed E-state index contributed by atoms with van der Waals surface area (Å²) in [5, 5.41) is 6.34. The van der Waals surface area contributed by atoms with E-state index in [0.29, 0.717) is 0 Å². The molecule has 0 saturated carbocycles. The Morgan fingerprint density at radius 1 is 1.09 bits per heavy atom. The van der Waals surface area contributed by atoms with E-state index in [1.807, 2.05) is 24.3 Å². The molecule has 0 atom stereocenters. The van der Waals surface area contributed by atoms with Crippen molar-refractivity contribution in [2.75, 3.05) is 5.32 Å². The minimum atomic E-state index is -4.46. The number of hydrogen-bond donors (Lipinski definition) is 2. The van der Waals surface area contributed by atoms with Gasteiger partial charge in [0.1, 0.15) is 0 Å². The lowest BCUT2D eigenvalue weighted by Crippen LogP contribution is -2.25. The zero-order chi connectivity index (χ0) is 16.9. The van der Waals surface area contributed by atoms with Gasteiger partial charge in [-0.25, -0.2) is 0 Å².